The number of phenols is 1. The van der Waals surface area contributed by atoms with Crippen molar-refractivity contribution in [3.8, 4) is 17.1 Å². The Hall–Kier alpha value is -2.69. The zero-order valence-electron chi connectivity index (χ0n) is 14.8. The fraction of sp³-hybridized carbons (Fsp3) is 0.333. The van der Waals surface area contributed by atoms with Crippen molar-refractivity contribution in [3.63, 3.8) is 0 Å². The van der Waals surface area contributed by atoms with Gasteiger partial charge in [0.25, 0.3) is 0 Å². The zero-order chi connectivity index (χ0) is 18.1. The standard InChI is InChI=1S/C21H22FN3O/c1-2-6-15-7-5-12-25(15)21-17-13-14(22)10-11-18(17)23-20(24-21)16-8-3-4-9-19(16)26/h3-4,8-11,13,15,26H,2,5-7,12H2,1H3. The highest BCUT2D eigenvalue weighted by molar-refractivity contribution is 5.91. The van der Waals surface area contributed by atoms with Crippen LogP contribution in [0, 0.1) is 5.82 Å². The highest BCUT2D eigenvalue weighted by Gasteiger charge is 2.27. The molecule has 3 aromatic rings. The predicted octanol–water partition coefficient (Wildman–Crippen LogP) is 4.91. The molecule has 1 saturated heterocycles. The van der Waals surface area contributed by atoms with Crippen molar-refractivity contribution in [2.24, 2.45) is 0 Å². The molecule has 1 aromatic heterocycles. The van der Waals surface area contributed by atoms with Gasteiger partial charge in [0.1, 0.15) is 17.4 Å². The first kappa shape index (κ1) is 16.8. The van der Waals surface area contributed by atoms with Gasteiger partial charge in [-0.25, -0.2) is 14.4 Å². The van der Waals surface area contributed by atoms with Crippen LogP contribution in [-0.2, 0) is 0 Å². The minimum atomic E-state index is -0.288. The van der Waals surface area contributed by atoms with E-state index in [4.69, 9.17) is 4.98 Å². The lowest BCUT2D eigenvalue weighted by Crippen LogP contribution is -2.30. The van der Waals surface area contributed by atoms with E-state index in [1.807, 2.05) is 6.07 Å². The summed E-state index contributed by atoms with van der Waals surface area (Å²) in [5.41, 5.74) is 1.28. The summed E-state index contributed by atoms with van der Waals surface area (Å²) in [6, 6.07) is 12.1. The molecule has 0 radical (unpaired) electrons. The van der Waals surface area contributed by atoms with Crippen molar-refractivity contribution in [1.82, 2.24) is 9.97 Å². The lowest BCUT2D eigenvalue weighted by molar-refractivity contribution is 0.477. The minimum absolute atomic E-state index is 0.145. The van der Waals surface area contributed by atoms with Crippen LogP contribution in [0.25, 0.3) is 22.3 Å². The third-order valence-electron chi connectivity index (χ3n) is 5.05. The average Bonchev–Trinajstić information content (AvgIpc) is 3.10. The second kappa shape index (κ2) is 6.90. The fourth-order valence-corrected chi connectivity index (χ4v) is 3.83. The molecule has 1 aliphatic rings. The minimum Gasteiger partial charge on any atom is -0.507 e. The molecule has 1 fully saturated rings. The highest BCUT2D eigenvalue weighted by Crippen LogP contribution is 2.35. The number of phenolic OH excluding ortho intramolecular Hbond substituents is 1. The van der Waals surface area contributed by atoms with Gasteiger partial charge in [-0.15, -0.1) is 0 Å². The maximum atomic E-state index is 13.9. The molecule has 26 heavy (non-hydrogen) atoms. The lowest BCUT2D eigenvalue weighted by atomic mass is 10.1. The van der Waals surface area contributed by atoms with Crippen LogP contribution < -0.4 is 4.90 Å². The maximum absolute atomic E-state index is 13.9. The molecule has 2 aromatic carbocycles. The van der Waals surface area contributed by atoms with E-state index in [2.05, 4.69) is 16.8 Å². The van der Waals surface area contributed by atoms with Gasteiger partial charge in [0.2, 0.25) is 0 Å². The molecular formula is C21H22FN3O. The predicted molar refractivity (Wildman–Crippen MR) is 102 cm³/mol. The molecule has 1 unspecified atom stereocenters. The summed E-state index contributed by atoms with van der Waals surface area (Å²) in [7, 11) is 0. The van der Waals surface area contributed by atoms with Crippen LogP contribution in [0.2, 0.25) is 0 Å². The van der Waals surface area contributed by atoms with Gasteiger partial charge in [0.05, 0.1) is 11.1 Å². The van der Waals surface area contributed by atoms with Crippen molar-refractivity contribution in [3.05, 3.63) is 48.3 Å². The van der Waals surface area contributed by atoms with E-state index >= 15 is 0 Å². The molecule has 0 saturated carbocycles. The first-order valence-electron chi connectivity index (χ1n) is 9.19. The lowest BCUT2D eigenvalue weighted by Gasteiger charge is -2.27. The summed E-state index contributed by atoms with van der Waals surface area (Å²) in [4.78, 5) is 11.6. The Labute approximate surface area is 152 Å². The van der Waals surface area contributed by atoms with Crippen LogP contribution in [-0.4, -0.2) is 27.7 Å². The van der Waals surface area contributed by atoms with Gasteiger partial charge in [-0.3, -0.25) is 0 Å². The van der Waals surface area contributed by atoms with Gasteiger partial charge in [0.15, 0.2) is 5.82 Å². The van der Waals surface area contributed by atoms with Gasteiger partial charge >= 0.3 is 0 Å². The summed E-state index contributed by atoms with van der Waals surface area (Å²) in [6.07, 6.45) is 4.43. The van der Waals surface area contributed by atoms with Crippen molar-refractivity contribution >= 4 is 16.7 Å². The van der Waals surface area contributed by atoms with Crippen molar-refractivity contribution in [2.75, 3.05) is 11.4 Å². The highest BCUT2D eigenvalue weighted by atomic mass is 19.1. The second-order valence-electron chi connectivity index (χ2n) is 6.83. The van der Waals surface area contributed by atoms with Gasteiger partial charge in [-0.2, -0.15) is 0 Å². The molecule has 0 bridgehead atoms. The molecule has 4 rings (SSSR count). The van der Waals surface area contributed by atoms with Gasteiger partial charge in [-0.1, -0.05) is 25.5 Å². The summed E-state index contributed by atoms with van der Waals surface area (Å²) < 4.78 is 13.9. The normalized spacial score (nSPS) is 17.2. The number of aromatic nitrogens is 2. The summed E-state index contributed by atoms with van der Waals surface area (Å²) in [5.74, 6) is 1.10. The van der Waals surface area contributed by atoms with Gasteiger partial charge < -0.3 is 10.0 Å². The van der Waals surface area contributed by atoms with Crippen molar-refractivity contribution in [2.45, 2.75) is 38.6 Å². The quantitative estimate of drug-likeness (QED) is 0.725. The van der Waals surface area contributed by atoms with Crippen LogP contribution in [0.4, 0.5) is 10.2 Å². The number of para-hydroxylation sites is 1. The number of halogens is 1. The van der Waals surface area contributed by atoms with E-state index in [-0.39, 0.29) is 11.6 Å². The van der Waals surface area contributed by atoms with Crippen LogP contribution in [0.15, 0.2) is 42.5 Å². The number of aromatic hydroxyl groups is 1. The average molecular weight is 351 g/mol. The first-order valence-corrected chi connectivity index (χ1v) is 9.19. The second-order valence-corrected chi connectivity index (χ2v) is 6.83. The SMILES string of the molecule is CCCC1CCCN1c1nc(-c2ccccc2O)nc2ccc(F)cc12. The van der Waals surface area contributed by atoms with Crippen molar-refractivity contribution in [1.29, 1.82) is 0 Å². The number of hydrogen-bond acceptors (Lipinski definition) is 4. The number of fused-ring (bicyclic) bond motifs is 1. The Balaban J connectivity index is 1.92. The number of nitrogens with zero attached hydrogens (tertiary/aromatic N) is 3. The van der Waals surface area contributed by atoms with Gasteiger partial charge in [-0.05, 0) is 49.6 Å². The molecule has 0 amide bonds. The third-order valence-corrected chi connectivity index (χ3v) is 5.05. The first-order chi connectivity index (χ1) is 12.7. The van der Waals surface area contributed by atoms with Gasteiger partial charge in [0, 0.05) is 18.0 Å². The Kier molecular flexibility index (Phi) is 4.45. The molecule has 5 heteroatoms. The maximum Gasteiger partial charge on any atom is 0.165 e. The van der Waals surface area contributed by atoms with E-state index in [9.17, 15) is 9.50 Å². The largest absolute Gasteiger partial charge is 0.507 e. The van der Waals surface area contributed by atoms with E-state index in [0.29, 0.717) is 22.9 Å². The smallest absolute Gasteiger partial charge is 0.165 e. The molecule has 2 heterocycles. The van der Waals surface area contributed by atoms with Crippen LogP contribution in [0.1, 0.15) is 32.6 Å². The Morgan fingerprint density at radius 3 is 2.85 bits per heavy atom. The molecule has 1 N–H and O–H groups in total. The summed E-state index contributed by atoms with van der Waals surface area (Å²) >= 11 is 0. The number of rotatable bonds is 4. The van der Waals surface area contributed by atoms with Crippen LogP contribution in [0.5, 0.6) is 5.75 Å². The fourth-order valence-electron chi connectivity index (χ4n) is 3.83. The van der Waals surface area contributed by atoms with Crippen LogP contribution >= 0.6 is 0 Å². The van der Waals surface area contributed by atoms with Crippen molar-refractivity contribution < 1.29 is 9.50 Å². The summed E-state index contributed by atoms with van der Waals surface area (Å²) in [5, 5.41) is 10.9. The zero-order valence-corrected chi connectivity index (χ0v) is 14.8. The molecule has 0 spiro atoms. The molecule has 4 nitrogen and oxygen atoms in total. The van der Waals surface area contributed by atoms with Crippen LogP contribution in [0.3, 0.4) is 0 Å². The van der Waals surface area contributed by atoms with E-state index in [0.717, 1.165) is 43.4 Å². The van der Waals surface area contributed by atoms with E-state index in [1.165, 1.54) is 12.1 Å². The third kappa shape index (κ3) is 2.98. The monoisotopic (exact) mass is 351 g/mol. The van der Waals surface area contributed by atoms with E-state index in [1.54, 1.807) is 24.3 Å². The number of benzene rings is 2. The Bertz CT molecular complexity index is 944. The number of hydrogen-bond donors (Lipinski definition) is 1. The van der Waals surface area contributed by atoms with E-state index < -0.39 is 0 Å². The molecule has 1 atom stereocenters. The molecule has 0 aliphatic carbocycles. The number of anilines is 1. The summed E-state index contributed by atoms with van der Waals surface area (Å²) in [6.45, 7) is 3.09. The topological polar surface area (TPSA) is 49.2 Å². The Morgan fingerprint density at radius 2 is 2.04 bits per heavy atom. The Morgan fingerprint density at radius 1 is 1.19 bits per heavy atom. The molecular weight excluding hydrogens is 329 g/mol. The molecule has 1 aliphatic heterocycles. The molecule has 134 valence electrons.